The first-order valence-corrected chi connectivity index (χ1v) is 9.44. The monoisotopic (exact) mass is 376 g/mol. The Bertz CT molecular complexity index is 1130. The van der Waals surface area contributed by atoms with Gasteiger partial charge in [-0.05, 0) is 49.6 Å². The van der Waals surface area contributed by atoms with Gasteiger partial charge < -0.3 is 5.32 Å². The number of aryl methyl sites for hydroxylation is 2. The van der Waals surface area contributed by atoms with Crippen LogP contribution in [0.3, 0.4) is 0 Å². The van der Waals surface area contributed by atoms with Crippen LogP contribution in [0.15, 0.2) is 58.1 Å². The summed E-state index contributed by atoms with van der Waals surface area (Å²) in [6.45, 7) is 7.19. The second-order valence-electron chi connectivity index (χ2n) is 7.36. The molecule has 2 aromatic carbocycles. The molecule has 0 radical (unpaired) electrons. The molecule has 0 amide bonds. The van der Waals surface area contributed by atoms with Gasteiger partial charge in [-0.15, -0.1) is 0 Å². The summed E-state index contributed by atoms with van der Waals surface area (Å²) in [5.74, 6) is 0.577. The lowest BCUT2D eigenvalue weighted by molar-refractivity contribution is 0.207. The Balaban J connectivity index is 1.76. The van der Waals surface area contributed by atoms with Gasteiger partial charge in [0.1, 0.15) is 5.82 Å². The summed E-state index contributed by atoms with van der Waals surface area (Å²) in [7, 11) is 0. The maximum Gasteiger partial charge on any atom is 0.334 e. The number of hydrogen-bond donors (Lipinski definition) is 2. The smallest absolute Gasteiger partial charge is 0.334 e. The van der Waals surface area contributed by atoms with Crippen LogP contribution in [0.25, 0.3) is 5.69 Å². The zero-order chi connectivity index (χ0) is 19.8. The minimum atomic E-state index is -0.427. The lowest BCUT2D eigenvalue weighted by Gasteiger charge is -2.35. The van der Waals surface area contributed by atoms with E-state index in [2.05, 4.69) is 34.3 Å². The molecular weight excluding hydrogens is 352 g/mol. The number of nitrogens with zero attached hydrogens (tertiary/aromatic N) is 2. The molecule has 1 aliphatic heterocycles. The lowest BCUT2D eigenvalue weighted by Crippen LogP contribution is -2.43. The van der Waals surface area contributed by atoms with E-state index in [0.29, 0.717) is 24.6 Å². The van der Waals surface area contributed by atoms with Crippen LogP contribution in [0.2, 0.25) is 0 Å². The van der Waals surface area contributed by atoms with Gasteiger partial charge in [0.25, 0.3) is 5.56 Å². The van der Waals surface area contributed by atoms with Crippen molar-refractivity contribution in [2.24, 2.45) is 0 Å². The van der Waals surface area contributed by atoms with Crippen LogP contribution in [0.1, 0.15) is 35.2 Å². The molecule has 0 saturated heterocycles. The quantitative estimate of drug-likeness (QED) is 0.737. The molecule has 28 heavy (non-hydrogen) atoms. The van der Waals surface area contributed by atoms with Gasteiger partial charge in [0, 0.05) is 12.6 Å². The average molecular weight is 376 g/mol. The second-order valence-corrected chi connectivity index (χ2v) is 7.36. The summed E-state index contributed by atoms with van der Waals surface area (Å²) in [5, 5.41) is 3.32. The number of anilines is 1. The molecule has 0 aliphatic carbocycles. The van der Waals surface area contributed by atoms with Crippen LogP contribution >= 0.6 is 0 Å². The Morgan fingerprint density at radius 1 is 1.00 bits per heavy atom. The number of benzene rings is 2. The summed E-state index contributed by atoms with van der Waals surface area (Å²) in [4.78, 5) is 29.8. The van der Waals surface area contributed by atoms with Crippen molar-refractivity contribution >= 4 is 5.82 Å². The summed E-state index contributed by atoms with van der Waals surface area (Å²) in [6, 6.07) is 16.2. The molecule has 0 fully saturated rings. The van der Waals surface area contributed by atoms with Gasteiger partial charge in [-0.25, -0.2) is 9.36 Å². The van der Waals surface area contributed by atoms with Gasteiger partial charge in [-0.3, -0.25) is 14.7 Å². The zero-order valence-corrected chi connectivity index (χ0v) is 16.3. The molecule has 0 spiro atoms. The summed E-state index contributed by atoms with van der Waals surface area (Å²) in [5.41, 5.74) is 4.00. The highest BCUT2D eigenvalue weighted by Gasteiger charge is 2.26. The minimum absolute atomic E-state index is 0.142. The van der Waals surface area contributed by atoms with Crippen molar-refractivity contribution in [2.45, 2.75) is 33.4 Å². The molecule has 1 aromatic heterocycles. The van der Waals surface area contributed by atoms with Crippen LogP contribution in [-0.2, 0) is 6.54 Å². The molecule has 2 N–H and O–H groups in total. The van der Waals surface area contributed by atoms with Crippen LogP contribution in [-0.4, -0.2) is 21.1 Å². The Morgan fingerprint density at radius 2 is 1.75 bits per heavy atom. The minimum Gasteiger partial charge on any atom is -0.358 e. The SMILES string of the molecule is Cc1ccc(-n2c3c(c(=O)[nH]c2=O)CN(C(C)c2ccccc2)CN3)cc1C. The summed E-state index contributed by atoms with van der Waals surface area (Å²) >= 11 is 0. The summed E-state index contributed by atoms with van der Waals surface area (Å²) < 4.78 is 1.56. The fraction of sp³-hybridized carbons (Fsp3) is 0.273. The molecule has 6 nitrogen and oxygen atoms in total. The molecule has 1 unspecified atom stereocenters. The third-order valence-electron chi connectivity index (χ3n) is 5.60. The van der Waals surface area contributed by atoms with Gasteiger partial charge >= 0.3 is 5.69 Å². The van der Waals surface area contributed by atoms with Gasteiger partial charge in [0.2, 0.25) is 0 Å². The van der Waals surface area contributed by atoms with E-state index in [-0.39, 0.29) is 11.6 Å². The first-order valence-electron chi connectivity index (χ1n) is 9.44. The first kappa shape index (κ1) is 18.3. The Labute approximate surface area is 163 Å². The molecule has 1 atom stereocenters. The largest absolute Gasteiger partial charge is 0.358 e. The van der Waals surface area contributed by atoms with Crippen LogP contribution in [0.5, 0.6) is 0 Å². The van der Waals surface area contributed by atoms with Crippen LogP contribution < -0.4 is 16.6 Å². The highest BCUT2D eigenvalue weighted by molar-refractivity contribution is 5.53. The highest BCUT2D eigenvalue weighted by atomic mass is 16.2. The van der Waals surface area contributed by atoms with Crippen molar-refractivity contribution in [1.29, 1.82) is 0 Å². The number of hydrogen-bond acceptors (Lipinski definition) is 4. The fourth-order valence-corrected chi connectivity index (χ4v) is 3.67. The highest BCUT2D eigenvalue weighted by Crippen LogP contribution is 2.28. The molecule has 6 heteroatoms. The Hall–Kier alpha value is -3.12. The van der Waals surface area contributed by atoms with Gasteiger partial charge in [0.15, 0.2) is 0 Å². The van der Waals surface area contributed by atoms with Crippen molar-refractivity contribution in [2.75, 3.05) is 12.0 Å². The van der Waals surface area contributed by atoms with Crippen molar-refractivity contribution < 1.29 is 0 Å². The van der Waals surface area contributed by atoms with Crippen molar-refractivity contribution in [3.05, 3.63) is 91.6 Å². The van der Waals surface area contributed by atoms with Gasteiger partial charge in [0.05, 0.1) is 17.9 Å². The zero-order valence-electron chi connectivity index (χ0n) is 16.3. The number of nitrogens with one attached hydrogen (secondary N) is 2. The normalized spacial score (nSPS) is 15.0. The number of H-pyrrole nitrogens is 1. The molecule has 144 valence electrons. The van der Waals surface area contributed by atoms with Gasteiger partial charge in [-0.1, -0.05) is 36.4 Å². The van der Waals surface area contributed by atoms with Crippen LogP contribution in [0.4, 0.5) is 5.82 Å². The third kappa shape index (κ3) is 3.16. The van der Waals surface area contributed by atoms with E-state index < -0.39 is 5.69 Å². The van der Waals surface area contributed by atoms with Crippen LogP contribution in [0, 0.1) is 13.8 Å². The van der Waals surface area contributed by atoms with Crippen molar-refractivity contribution in [1.82, 2.24) is 14.5 Å². The van der Waals surface area contributed by atoms with Gasteiger partial charge in [-0.2, -0.15) is 0 Å². The predicted molar refractivity (Wildman–Crippen MR) is 111 cm³/mol. The fourth-order valence-electron chi connectivity index (χ4n) is 3.67. The van der Waals surface area contributed by atoms with E-state index in [9.17, 15) is 9.59 Å². The topological polar surface area (TPSA) is 70.1 Å². The first-order chi connectivity index (χ1) is 13.5. The lowest BCUT2D eigenvalue weighted by atomic mass is 10.1. The van der Waals surface area contributed by atoms with Crippen molar-refractivity contribution in [3.63, 3.8) is 0 Å². The van der Waals surface area contributed by atoms with E-state index in [1.807, 2.05) is 50.2 Å². The Morgan fingerprint density at radius 3 is 2.46 bits per heavy atom. The maximum absolute atomic E-state index is 12.6. The molecule has 0 bridgehead atoms. The maximum atomic E-state index is 12.6. The molecule has 4 rings (SSSR count). The van der Waals surface area contributed by atoms with E-state index in [1.54, 1.807) is 4.57 Å². The number of aromatic amines is 1. The molecular formula is C22H24N4O2. The van der Waals surface area contributed by atoms with E-state index in [1.165, 1.54) is 5.56 Å². The second kappa shape index (κ2) is 7.13. The van der Waals surface area contributed by atoms with Crippen molar-refractivity contribution in [3.8, 4) is 5.69 Å². The van der Waals surface area contributed by atoms with E-state index in [4.69, 9.17) is 0 Å². The number of aromatic nitrogens is 2. The third-order valence-corrected chi connectivity index (χ3v) is 5.60. The molecule has 2 heterocycles. The molecule has 3 aromatic rings. The number of fused-ring (bicyclic) bond motifs is 1. The molecule has 1 aliphatic rings. The average Bonchev–Trinajstić information content (AvgIpc) is 2.70. The summed E-state index contributed by atoms with van der Waals surface area (Å²) in [6.07, 6.45) is 0. The standard InChI is InChI=1S/C22H24N4O2/c1-14-9-10-18(11-15(14)2)26-20-19(21(27)24-22(26)28)12-25(13-23-20)16(3)17-7-5-4-6-8-17/h4-11,16,23H,12-13H2,1-3H3,(H,24,27,28). The Kier molecular flexibility index (Phi) is 4.65. The molecule has 0 saturated carbocycles. The number of rotatable bonds is 3. The van der Waals surface area contributed by atoms with E-state index in [0.717, 1.165) is 16.8 Å². The van der Waals surface area contributed by atoms with E-state index >= 15 is 0 Å². The predicted octanol–water partition coefficient (Wildman–Crippen LogP) is 3.09.